The first-order chi connectivity index (χ1) is 22.6. The van der Waals surface area contributed by atoms with Gasteiger partial charge in [-0.25, -0.2) is 4.79 Å². The van der Waals surface area contributed by atoms with Crippen LogP contribution in [0.2, 0.25) is 0 Å². The van der Waals surface area contributed by atoms with Crippen LogP contribution in [0.25, 0.3) is 0 Å². The van der Waals surface area contributed by atoms with Crippen LogP contribution in [0.5, 0.6) is 11.5 Å². The number of phenols is 1. The van der Waals surface area contributed by atoms with Crippen LogP contribution in [0, 0.1) is 30.6 Å². The van der Waals surface area contributed by atoms with E-state index in [4.69, 9.17) is 9.47 Å². The second-order valence-corrected chi connectivity index (χ2v) is 12.5. The Morgan fingerprint density at radius 2 is 1.64 bits per heavy atom. The van der Waals surface area contributed by atoms with Crippen molar-refractivity contribution in [1.29, 1.82) is 0 Å². The van der Waals surface area contributed by atoms with Crippen LogP contribution in [0.3, 0.4) is 0 Å². The van der Waals surface area contributed by atoms with E-state index in [0.29, 0.717) is 33.0 Å². The van der Waals surface area contributed by atoms with Gasteiger partial charge in [-0.3, -0.25) is 24.6 Å². The molecule has 0 bridgehead atoms. The van der Waals surface area contributed by atoms with E-state index in [1.807, 2.05) is 55.5 Å². The minimum Gasteiger partial charge on any atom is -0.508 e. The zero-order chi connectivity index (χ0) is 33.2. The van der Waals surface area contributed by atoms with Gasteiger partial charge in [-0.15, -0.1) is 0 Å². The van der Waals surface area contributed by atoms with Gasteiger partial charge in [0.2, 0.25) is 11.8 Å². The summed E-state index contributed by atoms with van der Waals surface area (Å²) in [6, 6.07) is 21.0. The number of amides is 5. The number of likely N-dealkylation sites (tertiary alicyclic amines) is 1. The van der Waals surface area contributed by atoms with Crippen LogP contribution in [-0.4, -0.2) is 59.0 Å². The number of carbonyl (C=O) groups excluding carboxylic acids is 5. The number of hydrogen-bond donors (Lipinski definition) is 2. The Labute approximate surface area is 270 Å². The monoisotopic (exact) mass is 635 g/mol. The molecular weight excluding hydrogens is 602 g/mol. The molecule has 3 aromatic rings. The van der Waals surface area contributed by atoms with Gasteiger partial charge in [0.1, 0.15) is 11.5 Å². The Bertz CT molecular complexity index is 1860. The van der Waals surface area contributed by atoms with Gasteiger partial charge in [-0.05, 0) is 49.4 Å². The Kier molecular flexibility index (Phi) is 7.14. The van der Waals surface area contributed by atoms with Crippen molar-refractivity contribution >= 4 is 35.4 Å². The van der Waals surface area contributed by atoms with E-state index in [9.17, 15) is 24.3 Å². The van der Waals surface area contributed by atoms with E-state index in [1.165, 1.54) is 19.2 Å². The number of rotatable bonds is 5. The predicted molar refractivity (Wildman–Crippen MR) is 168 cm³/mol. The minimum atomic E-state index is -1.50. The minimum absolute atomic E-state index is 0.0530. The molecule has 0 radical (unpaired) electrons. The molecule has 5 amide bonds. The van der Waals surface area contributed by atoms with Crippen LogP contribution in [-0.2, 0) is 29.3 Å². The molecule has 2 aliphatic carbocycles. The largest absolute Gasteiger partial charge is 0.508 e. The quantitative estimate of drug-likeness (QED) is 0.307. The molecule has 4 aliphatic rings. The smallest absolute Gasteiger partial charge is 0.423 e. The van der Waals surface area contributed by atoms with E-state index >= 15 is 4.79 Å². The summed E-state index contributed by atoms with van der Waals surface area (Å²) in [7, 11) is 2.56. The summed E-state index contributed by atoms with van der Waals surface area (Å²) in [5.74, 6) is -6.30. The summed E-state index contributed by atoms with van der Waals surface area (Å²) < 4.78 is 10.5. The summed E-state index contributed by atoms with van der Waals surface area (Å²) in [5.41, 5.74) is 4.94. The maximum atomic E-state index is 15.1. The molecule has 11 heteroatoms. The molecule has 240 valence electrons. The number of methoxy groups -OCH3 is 2. The van der Waals surface area contributed by atoms with E-state index < -0.39 is 64.7 Å². The summed E-state index contributed by atoms with van der Waals surface area (Å²) >= 11 is 0. The van der Waals surface area contributed by atoms with Crippen molar-refractivity contribution in [2.75, 3.05) is 19.6 Å². The average Bonchev–Trinajstić information content (AvgIpc) is 3.46. The normalized spacial score (nSPS) is 28.0. The van der Waals surface area contributed by atoms with Gasteiger partial charge in [0, 0.05) is 17.5 Å². The first-order valence-electron chi connectivity index (χ1n) is 15.4. The molecule has 1 saturated carbocycles. The van der Waals surface area contributed by atoms with Gasteiger partial charge in [-0.1, -0.05) is 65.7 Å². The van der Waals surface area contributed by atoms with Crippen molar-refractivity contribution in [3.05, 3.63) is 101 Å². The number of fused-ring (bicyclic) bond motifs is 4. The van der Waals surface area contributed by atoms with Crippen molar-refractivity contribution in [2.24, 2.45) is 23.7 Å². The van der Waals surface area contributed by atoms with Crippen LogP contribution in [0.15, 0.2) is 84.4 Å². The molecular formula is C36H33N3O8. The molecule has 0 spiro atoms. The lowest BCUT2D eigenvalue weighted by molar-refractivity contribution is -0.140. The number of aryl methyl sites for hydroxylation is 1. The SMILES string of the molecule is COC(=O)N1C(=O)[C@H]2[C@H](CC=C3[C@H]2C[C@H]2C(=O)N(Nc4ccc(C)cc4)C(=O)[C@@]2(c2ccccc2)[C@H]3c2ccc(O)cc2OC)C1=O. The first-order valence-corrected chi connectivity index (χ1v) is 15.4. The Balaban J connectivity index is 1.47. The number of ether oxygens (including phenoxy) is 2. The number of phenolic OH excluding ortho intramolecular Hbond substituents is 1. The van der Waals surface area contributed by atoms with Gasteiger partial charge in [0.15, 0.2) is 0 Å². The molecule has 0 unspecified atom stereocenters. The summed E-state index contributed by atoms with van der Waals surface area (Å²) in [5, 5.41) is 11.5. The zero-order valence-electron chi connectivity index (χ0n) is 26.0. The number of hydrogen-bond acceptors (Lipinski definition) is 9. The highest BCUT2D eigenvalue weighted by Gasteiger charge is 2.71. The highest BCUT2D eigenvalue weighted by molar-refractivity contribution is 6.16. The van der Waals surface area contributed by atoms with Crippen molar-refractivity contribution in [1.82, 2.24) is 9.91 Å². The maximum Gasteiger partial charge on any atom is 0.423 e. The Morgan fingerprint density at radius 1 is 0.915 bits per heavy atom. The number of carbonyl (C=O) groups is 5. The van der Waals surface area contributed by atoms with Crippen LogP contribution in [0.1, 0.15) is 35.4 Å². The number of allylic oxidation sites excluding steroid dienone is 2. The van der Waals surface area contributed by atoms with Crippen LogP contribution in [0.4, 0.5) is 10.5 Å². The summed E-state index contributed by atoms with van der Waals surface area (Å²) in [6.07, 6.45) is 1.05. The Morgan fingerprint density at radius 3 is 2.32 bits per heavy atom. The van der Waals surface area contributed by atoms with Crippen molar-refractivity contribution in [3.63, 3.8) is 0 Å². The lowest BCUT2D eigenvalue weighted by Gasteiger charge is -2.50. The van der Waals surface area contributed by atoms with E-state index in [2.05, 4.69) is 5.43 Å². The molecule has 3 aromatic carbocycles. The number of hydrazine groups is 1. The fraction of sp³-hybridized carbons (Fsp3) is 0.306. The van der Waals surface area contributed by atoms with Crippen LogP contribution >= 0.6 is 0 Å². The molecule has 2 aliphatic heterocycles. The predicted octanol–water partition coefficient (Wildman–Crippen LogP) is 4.46. The topological polar surface area (TPSA) is 143 Å². The molecule has 0 aromatic heterocycles. The highest BCUT2D eigenvalue weighted by atomic mass is 16.5. The van der Waals surface area contributed by atoms with E-state index in [1.54, 1.807) is 18.2 Å². The number of nitrogens with zero attached hydrogens (tertiary/aromatic N) is 2. The number of benzene rings is 3. The lowest BCUT2D eigenvalue weighted by atomic mass is 9.49. The average molecular weight is 636 g/mol. The van der Waals surface area contributed by atoms with Crippen molar-refractivity contribution < 1.29 is 38.6 Å². The summed E-state index contributed by atoms with van der Waals surface area (Å²) in [6.45, 7) is 1.93. The van der Waals surface area contributed by atoms with E-state index in [-0.39, 0.29) is 18.6 Å². The number of imide groups is 4. The van der Waals surface area contributed by atoms with E-state index in [0.717, 1.165) is 17.7 Å². The van der Waals surface area contributed by atoms with Gasteiger partial charge in [0.25, 0.3) is 11.8 Å². The second-order valence-electron chi connectivity index (χ2n) is 12.5. The van der Waals surface area contributed by atoms with Gasteiger partial charge >= 0.3 is 6.09 Å². The highest BCUT2D eigenvalue weighted by Crippen LogP contribution is 2.65. The summed E-state index contributed by atoms with van der Waals surface area (Å²) in [4.78, 5) is 70.2. The zero-order valence-corrected chi connectivity index (χ0v) is 26.0. The van der Waals surface area contributed by atoms with Gasteiger partial charge < -0.3 is 14.6 Å². The van der Waals surface area contributed by atoms with Crippen LogP contribution < -0.4 is 10.2 Å². The van der Waals surface area contributed by atoms with Gasteiger partial charge in [0.05, 0.1) is 43.1 Å². The third-order valence-electron chi connectivity index (χ3n) is 10.3. The molecule has 7 rings (SSSR count). The molecule has 47 heavy (non-hydrogen) atoms. The lowest BCUT2D eigenvalue weighted by Crippen LogP contribution is -2.53. The molecule has 6 atom stereocenters. The first kappa shape index (κ1) is 30.2. The fourth-order valence-electron chi connectivity index (χ4n) is 8.30. The standard InChI is InChI=1S/C36H33N3O8/c1-19-9-11-21(12-10-19)37-39-32(42)27-18-26-23(15-16-25-29(26)33(43)38(31(25)41)35(45)47-3)30(24-14-13-22(40)17-28(24)46-2)36(27,34(39)44)20-7-5-4-6-8-20/h4-15,17,25-27,29-30,37,40H,16,18H2,1-3H3/t25-,26+,27-,29-,30+,36+/m0/s1. The molecule has 2 saturated heterocycles. The molecule has 2 heterocycles. The van der Waals surface area contributed by atoms with Gasteiger partial charge in [-0.2, -0.15) is 9.91 Å². The third-order valence-corrected chi connectivity index (χ3v) is 10.3. The molecule has 2 N–H and O–H groups in total. The molecule has 11 nitrogen and oxygen atoms in total. The molecule has 3 fully saturated rings. The fourth-order valence-corrected chi connectivity index (χ4v) is 8.30. The number of nitrogens with one attached hydrogen (secondary N) is 1. The van der Waals surface area contributed by atoms with Crippen molar-refractivity contribution in [2.45, 2.75) is 31.1 Å². The second kappa shape index (κ2) is 11.1. The van der Waals surface area contributed by atoms with Crippen molar-refractivity contribution in [3.8, 4) is 11.5 Å². The maximum absolute atomic E-state index is 15.1. The Hall–Kier alpha value is -5.45. The third kappa shape index (κ3) is 4.29. The number of anilines is 1. The number of aromatic hydroxyl groups is 1.